The second kappa shape index (κ2) is 10.4. The van der Waals surface area contributed by atoms with E-state index in [4.69, 9.17) is 15.2 Å². The maximum Gasteiger partial charge on any atom is 0.425 e. The third kappa shape index (κ3) is 5.69. The number of nitrogens with two attached hydrogens (primary N) is 1. The molecule has 37 heavy (non-hydrogen) atoms. The van der Waals surface area contributed by atoms with Crippen LogP contribution in [0.5, 0.6) is 11.9 Å². The van der Waals surface area contributed by atoms with E-state index in [2.05, 4.69) is 25.3 Å². The van der Waals surface area contributed by atoms with Crippen molar-refractivity contribution in [2.24, 2.45) is 0 Å². The number of methoxy groups -OCH3 is 1. The monoisotopic (exact) mass is 536 g/mol. The Kier molecular flexibility index (Phi) is 7.83. The molecule has 0 fully saturated rings. The first-order chi connectivity index (χ1) is 17.2. The van der Waals surface area contributed by atoms with Gasteiger partial charge in [0.2, 0.25) is 5.88 Å². The molecule has 0 bridgehead atoms. The van der Waals surface area contributed by atoms with E-state index < -0.39 is 81.8 Å². The Morgan fingerprint density at radius 2 is 1.73 bits per heavy atom. The lowest BCUT2D eigenvalue weighted by Crippen LogP contribution is -2.34. The minimum Gasteiger partial charge on any atom is -0.467 e. The largest absolute Gasteiger partial charge is 0.467 e. The van der Waals surface area contributed by atoms with Crippen LogP contribution in [-0.2, 0) is 6.18 Å². The Hall–Kier alpha value is -3.65. The van der Waals surface area contributed by atoms with E-state index >= 15 is 4.39 Å². The van der Waals surface area contributed by atoms with Gasteiger partial charge in [0.25, 0.3) is 0 Å². The molecule has 1 unspecified atom stereocenters. The van der Waals surface area contributed by atoms with Crippen molar-refractivity contribution in [3.8, 4) is 23.1 Å². The molecule has 0 saturated carbocycles. The zero-order chi connectivity index (χ0) is 27.7. The van der Waals surface area contributed by atoms with Crippen LogP contribution >= 0.6 is 0 Å². The van der Waals surface area contributed by atoms with E-state index in [1.54, 1.807) is 6.92 Å². The van der Waals surface area contributed by atoms with Crippen molar-refractivity contribution in [2.45, 2.75) is 52.1 Å². The SMILES string of the molecule is CCCC(Oc1nc(-c2cc(N)nc(C)c2C(F)(F)F)c(F)c2nc(OC)nc(NCC)c12)C(F)(F)F. The number of nitrogen functional groups attached to an aromatic ring is 1. The number of hydrogen-bond donors (Lipinski definition) is 2. The molecule has 8 nitrogen and oxygen atoms in total. The summed E-state index contributed by atoms with van der Waals surface area (Å²) in [6.45, 7) is 4.31. The number of halogens is 7. The first-order valence-corrected chi connectivity index (χ1v) is 11.0. The third-order valence-corrected chi connectivity index (χ3v) is 5.19. The Morgan fingerprint density at radius 1 is 1.05 bits per heavy atom. The van der Waals surface area contributed by atoms with Gasteiger partial charge in [-0.3, -0.25) is 0 Å². The molecule has 202 valence electrons. The van der Waals surface area contributed by atoms with Gasteiger partial charge in [0.15, 0.2) is 11.9 Å². The van der Waals surface area contributed by atoms with Crippen LogP contribution in [0.4, 0.5) is 42.4 Å². The highest BCUT2D eigenvalue weighted by Gasteiger charge is 2.43. The molecule has 0 amide bonds. The van der Waals surface area contributed by atoms with Crippen molar-refractivity contribution in [1.82, 2.24) is 19.9 Å². The molecule has 0 saturated heterocycles. The van der Waals surface area contributed by atoms with Crippen LogP contribution < -0.4 is 20.5 Å². The Morgan fingerprint density at radius 3 is 2.27 bits per heavy atom. The van der Waals surface area contributed by atoms with Crippen LogP contribution in [-0.4, -0.2) is 45.9 Å². The van der Waals surface area contributed by atoms with Crippen LogP contribution in [0.3, 0.4) is 0 Å². The molecule has 15 heteroatoms. The lowest BCUT2D eigenvalue weighted by Gasteiger charge is -2.23. The molecule has 0 aromatic carbocycles. The van der Waals surface area contributed by atoms with Gasteiger partial charge >= 0.3 is 18.4 Å². The van der Waals surface area contributed by atoms with Crippen LogP contribution in [0, 0.1) is 12.7 Å². The van der Waals surface area contributed by atoms with E-state index in [1.165, 1.54) is 6.92 Å². The van der Waals surface area contributed by atoms with Gasteiger partial charge in [-0.1, -0.05) is 13.3 Å². The summed E-state index contributed by atoms with van der Waals surface area (Å²) in [5.74, 6) is -2.77. The second-order valence-electron chi connectivity index (χ2n) is 7.88. The van der Waals surface area contributed by atoms with E-state index in [1.807, 2.05) is 0 Å². The van der Waals surface area contributed by atoms with Gasteiger partial charge in [0.1, 0.15) is 28.2 Å². The van der Waals surface area contributed by atoms with Crippen molar-refractivity contribution in [3.05, 3.63) is 23.1 Å². The summed E-state index contributed by atoms with van der Waals surface area (Å²) in [5.41, 5.74) is 1.19. The van der Waals surface area contributed by atoms with Gasteiger partial charge in [-0.15, -0.1) is 0 Å². The summed E-state index contributed by atoms with van der Waals surface area (Å²) < 4.78 is 109. The van der Waals surface area contributed by atoms with Gasteiger partial charge in [-0.2, -0.15) is 36.3 Å². The predicted octanol–water partition coefficient (Wildman–Crippen LogP) is 5.69. The van der Waals surface area contributed by atoms with Gasteiger partial charge in [-0.25, -0.2) is 14.4 Å². The minimum absolute atomic E-state index is 0.0544. The quantitative estimate of drug-likeness (QED) is 0.354. The highest BCUT2D eigenvalue weighted by atomic mass is 19.4. The molecule has 1 atom stereocenters. The minimum atomic E-state index is -5.03. The number of aryl methyl sites for hydroxylation is 1. The molecular weight excluding hydrogens is 513 g/mol. The number of hydrogen-bond acceptors (Lipinski definition) is 8. The van der Waals surface area contributed by atoms with Crippen molar-refractivity contribution in [2.75, 3.05) is 24.7 Å². The summed E-state index contributed by atoms with van der Waals surface area (Å²) in [4.78, 5) is 15.3. The van der Waals surface area contributed by atoms with Gasteiger partial charge in [0, 0.05) is 12.1 Å². The number of ether oxygens (including phenoxy) is 2. The number of nitrogens with zero attached hydrogens (tertiary/aromatic N) is 4. The Balaban J connectivity index is 2.48. The van der Waals surface area contributed by atoms with E-state index in [-0.39, 0.29) is 18.8 Å². The molecule has 0 aliphatic heterocycles. The van der Waals surface area contributed by atoms with Crippen LogP contribution in [0.2, 0.25) is 0 Å². The Bertz CT molecular complexity index is 1300. The highest BCUT2D eigenvalue weighted by molar-refractivity contribution is 5.96. The first-order valence-electron chi connectivity index (χ1n) is 11.0. The summed E-state index contributed by atoms with van der Waals surface area (Å²) in [7, 11) is 1.16. The fraction of sp³-hybridized carbons (Fsp3) is 0.455. The Labute approximate surface area is 206 Å². The summed E-state index contributed by atoms with van der Waals surface area (Å²) in [6.07, 6.45) is -12.7. The zero-order valence-corrected chi connectivity index (χ0v) is 20.1. The fourth-order valence-electron chi connectivity index (χ4n) is 3.70. The fourth-order valence-corrected chi connectivity index (χ4v) is 3.70. The maximum atomic E-state index is 15.9. The molecule has 3 rings (SSSR count). The van der Waals surface area contributed by atoms with Crippen molar-refractivity contribution < 1.29 is 40.2 Å². The van der Waals surface area contributed by atoms with E-state index in [9.17, 15) is 26.3 Å². The number of anilines is 2. The third-order valence-electron chi connectivity index (χ3n) is 5.19. The number of nitrogens with one attached hydrogen (secondary N) is 1. The molecule has 3 N–H and O–H groups in total. The molecule has 0 radical (unpaired) electrons. The molecule has 3 heterocycles. The lowest BCUT2D eigenvalue weighted by molar-refractivity contribution is -0.197. The molecular formula is C22H23F7N6O2. The first kappa shape index (κ1) is 27.9. The van der Waals surface area contributed by atoms with E-state index in [0.29, 0.717) is 0 Å². The molecule has 0 aliphatic carbocycles. The maximum absolute atomic E-state index is 15.9. The second-order valence-corrected chi connectivity index (χ2v) is 7.88. The predicted molar refractivity (Wildman–Crippen MR) is 121 cm³/mol. The average Bonchev–Trinajstić information content (AvgIpc) is 2.78. The summed E-state index contributed by atoms with van der Waals surface area (Å²) in [5, 5.41) is 2.34. The zero-order valence-electron chi connectivity index (χ0n) is 20.1. The summed E-state index contributed by atoms with van der Waals surface area (Å²) in [6, 6.07) is 0.334. The highest BCUT2D eigenvalue weighted by Crippen LogP contribution is 2.43. The number of fused-ring (bicyclic) bond motifs is 1. The number of pyridine rings is 2. The van der Waals surface area contributed by atoms with Crippen molar-refractivity contribution in [1.29, 1.82) is 0 Å². The van der Waals surface area contributed by atoms with Gasteiger partial charge in [0.05, 0.1) is 18.4 Å². The van der Waals surface area contributed by atoms with Crippen molar-refractivity contribution in [3.63, 3.8) is 0 Å². The van der Waals surface area contributed by atoms with Crippen LogP contribution in [0.25, 0.3) is 22.2 Å². The number of aromatic nitrogens is 4. The van der Waals surface area contributed by atoms with Crippen molar-refractivity contribution >= 4 is 22.5 Å². The number of alkyl halides is 6. The molecule has 3 aromatic heterocycles. The van der Waals surface area contributed by atoms with E-state index in [0.717, 1.165) is 20.1 Å². The van der Waals surface area contributed by atoms with Gasteiger partial charge < -0.3 is 20.5 Å². The normalized spacial score (nSPS) is 13.1. The lowest BCUT2D eigenvalue weighted by atomic mass is 10.0. The molecule has 0 spiro atoms. The van der Waals surface area contributed by atoms with Gasteiger partial charge in [-0.05, 0) is 26.3 Å². The molecule has 3 aromatic rings. The van der Waals surface area contributed by atoms with Crippen LogP contribution in [0.1, 0.15) is 37.9 Å². The summed E-state index contributed by atoms with van der Waals surface area (Å²) >= 11 is 0. The molecule has 0 aliphatic rings. The number of rotatable bonds is 8. The topological polar surface area (TPSA) is 108 Å². The van der Waals surface area contributed by atoms with Crippen LogP contribution in [0.15, 0.2) is 6.07 Å². The average molecular weight is 536 g/mol. The smallest absolute Gasteiger partial charge is 0.425 e. The standard InChI is InChI=1S/C22H23F7N6O2/c1-5-7-11(21(24,25)26)37-19-13-17(34-20(36-4)35-18(13)31-6-2)15(23)16(33-19)10-8-12(30)32-9(3)14(10)22(27,28)29/h8,11H,5-7H2,1-4H3,(H2,30,32)(H,31,34,35).